The highest BCUT2D eigenvalue weighted by Crippen LogP contribution is 2.39. The lowest BCUT2D eigenvalue weighted by Crippen LogP contribution is -2.28. The molecule has 0 spiro atoms. The molecule has 27 heavy (non-hydrogen) atoms. The number of carbonyl (C=O) groups excluding carboxylic acids is 2. The zero-order valence-electron chi connectivity index (χ0n) is 15.3. The van der Waals surface area contributed by atoms with Crippen LogP contribution in [-0.2, 0) is 0 Å². The first kappa shape index (κ1) is 17.6. The van der Waals surface area contributed by atoms with E-state index in [4.69, 9.17) is 0 Å². The van der Waals surface area contributed by atoms with Crippen LogP contribution in [0.15, 0.2) is 42.7 Å². The fourth-order valence-electron chi connectivity index (χ4n) is 3.53. The maximum Gasteiger partial charge on any atom is 0.263 e. The summed E-state index contributed by atoms with van der Waals surface area (Å²) in [5.74, 6) is 0.0776. The zero-order valence-corrected chi connectivity index (χ0v) is 16.1. The lowest BCUT2D eigenvalue weighted by molar-refractivity contribution is 0.0790. The number of likely N-dealkylation sites (tertiary alicyclic amines) is 1. The topological polar surface area (TPSA) is 66.4 Å². The molecule has 4 rings (SSSR count). The van der Waals surface area contributed by atoms with Crippen LogP contribution in [-0.4, -0.2) is 58.8 Å². The van der Waals surface area contributed by atoms with Gasteiger partial charge < -0.3 is 9.80 Å². The monoisotopic (exact) mass is 380 g/mol. The number of carbonyl (C=O) groups is 2. The van der Waals surface area contributed by atoms with Gasteiger partial charge in [-0.2, -0.15) is 0 Å². The van der Waals surface area contributed by atoms with Crippen LogP contribution in [0, 0.1) is 0 Å². The summed E-state index contributed by atoms with van der Waals surface area (Å²) in [5.41, 5.74) is 2.41. The quantitative estimate of drug-likeness (QED) is 0.701. The summed E-state index contributed by atoms with van der Waals surface area (Å²) in [6.07, 6.45) is 4.12. The van der Waals surface area contributed by atoms with Crippen LogP contribution >= 0.6 is 11.3 Å². The average molecular weight is 380 g/mol. The SMILES string of the molecule is CN(C)C(=O)c1sc2nccnc2c1[C@H]1CCN(C(=O)c2ccccc2)C1. The summed E-state index contributed by atoms with van der Waals surface area (Å²) in [5, 5.41) is 0. The van der Waals surface area contributed by atoms with Gasteiger partial charge in [-0.25, -0.2) is 4.98 Å². The Balaban J connectivity index is 1.68. The smallest absolute Gasteiger partial charge is 0.263 e. The summed E-state index contributed by atoms with van der Waals surface area (Å²) in [6.45, 7) is 1.26. The van der Waals surface area contributed by atoms with Crippen molar-refractivity contribution in [2.75, 3.05) is 27.2 Å². The standard InChI is InChI=1S/C20H20N4O2S/c1-23(2)20(26)17-15(16-18(27-17)22-10-9-21-16)14-8-11-24(12-14)19(25)13-6-4-3-5-7-13/h3-7,9-10,14H,8,11-12H2,1-2H3/t14-/m0/s1. The van der Waals surface area contributed by atoms with E-state index < -0.39 is 0 Å². The Morgan fingerprint density at radius 1 is 1.15 bits per heavy atom. The van der Waals surface area contributed by atoms with Crippen molar-refractivity contribution >= 4 is 33.5 Å². The normalized spacial score (nSPS) is 16.7. The average Bonchev–Trinajstić information content (AvgIpc) is 3.31. The maximum absolute atomic E-state index is 12.8. The number of nitrogens with zero attached hydrogens (tertiary/aromatic N) is 4. The highest BCUT2D eigenvalue weighted by molar-refractivity contribution is 7.20. The molecular weight excluding hydrogens is 360 g/mol. The van der Waals surface area contributed by atoms with Crippen molar-refractivity contribution in [2.24, 2.45) is 0 Å². The second kappa shape index (κ2) is 7.08. The molecule has 0 bridgehead atoms. The van der Waals surface area contributed by atoms with Crippen LogP contribution in [0.5, 0.6) is 0 Å². The van der Waals surface area contributed by atoms with Crippen molar-refractivity contribution in [2.45, 2.75) is 12.3 Å². The van der Waals surface area contributed by atoms with Gasteiger partial charge in [0.05, 0.1) is 4.88 Å². The molecule has 2 amide bonds. The third-order valence-electron chi connectivity index (χ3n) is 4.87. The summed E-state index contributed by atoms with van der Waals surface area (Å²) in [4.78, 5) is 39.3. The lowest BCUT2D eigenvalue weighted by atomic mass is 9.97. The first-order valence-electron chi connectivity index (χ1n) is 8.85. The first-order valence-corrected chi connectivity index (χ1v) is 9.67. The molecule has 0 saturated carbocycles. The van der Waals surface area contributed by atoms with E-state index in [2.05, 4.69) is 9.97 Å². The molecule has 0 aliphatic carbocycles. The van der Waals surface area contributed by atoms with Crippen molar-refractivity contribution < 1.29 is 9.59 Å². The minimum absolute atomic E-state index is 0.0317. The lowest BCUT2D eigenvalue weighted by Gasteiger charge is -2.17. The van der Waals surface area contributed by atoms with E-state index in [0.29, 0.717) is 23.5 Å². The van der Waals surface area contributed by atoms with E-state index in [1.54, 1.807) is 31.4 Å². The molecule has 0 radical (unpaired) electrons. The third kappa shape index (κ3) is 3.19. The third-order valence-corrected chi connectivity index (χ3v) is 5.96. The number of aromatic nitrogens is 2. The van der Waals surface area contributed by atoms with E-state index in [0.717, 1.165) is 22.3 Å². The van der Waals surface area contributed by atoms with Crippen molar-refractivity contribution in [3.05, 3.63) is 58.7 Å². The number of rotatable bonds is 3. The van der Waals surface area contributed by atoms with Gasteiger partial charge in [0, 0.05) is 56.6 Å². The van der Waals surface area contributed by atoms with Gasteiger partial charge in [-0.3, -0.25) is 14.6 Å². The number of hydrogen-bond donors (Lipinski definition) is 0. The molecule has 7 heteroatoms. The van der Waals surface area contributed by atoms with E-state index in [-0.39, 0.29) is 17.7 Å². The van der Waals surface area contributed by atoms with Crippen molar-refractivity contribution in [3.63, 3.8) is 0 Å². The summed E-state index contributed by atoms with van der Waals surface area (Å²) in [7, 11) is 3.49. The Hall–Kier alpha value is -2.80. The molecule has 2 aromatic heterocycles. The molecule has 1 aliphatic rings. The second-order valence-electron chi connectivity index (χ2n) is 6.86. The Morgan fingerprint density at radius 3 is 2.63 bits per heavy atom. The minimum Gasteiger partial charge on any atom is -0.344 e. The highest BCUT2D eigenvalue weighted by atomic mass is 32.1. The summed E-state index contributed by atoms with van der Waals surface area (Å²) < 4.78 is 0. The van der Waals surface area contributed by atoms with Gasteiger partial charge in [-0.1, -0.05) is 18.2 Å². The van der Waals surface area contributed by atoms with Crippen LogP contribution < -0.4 is 0 Å². The zero-order chi connectivity index (χ0) is 19.0. The van der Waals surface area contributed by atoms with Gasteiger partial charge in [0.15, 0.2) is 0 Å². The van der Waals surface area contributed by atoms with Crippen molar-refractivity contribution in [1.29, 1.82) is 0 Å². The number of amides is 2. The van der Waals surface area contributed by atoms with E-state index in [1.165, 1.54) is 11.3 Å². The molecule has 1 atom stereocenters. The molecular formula is C20H20N4O2S. The summed E-state index contributed by atoms with van der Waals surface area (Å²) in [6, 6.07) is 9.32. The van der Waals surface area contributed by atoms with Crippen LogP contribution in [0.25, 0.3) is 10.3 Å². The molecule has 3 heterocycles. The molecule has 138 valence electrons. The summed E-state index contributed by atoms with van der Waals surface area (Å²) >= 11 is 1.38. The minimum atomic E-state index is -0.0392. The molecule has 1 saturated heterocycles. The van der Waals surface area contributed by atoms with Crippen LogP contribution in [0.1, 0.15) is 37.9 Å². The fraction of sp³-hybridized carbons (Fsp3) is 0.300. The molecule has 1 fully saturated rings. The van der Waals surface area contributed by atoms with Gasteiger partial charge in [-0.05, 0) is 18.6 Å². The molecule has 0 N–H and O–H groups in total. The maximum atomic E-state index is 12.8. The fourth-order valence-corrected chi connectivity index (χ4v) is 4.74. The van der Waals surface area contributed by atoms with Crippen LogP contribution in [0.4, 0.5) is 0 Å². The number of benzene rings is 1. The number of thiophene rings is 1. The number of fused-ring (bicyclic) bond motifs is 1. The van der Waals surface area contributed by atoms with Gasteiger partial charge in [0.1, 0.15) is 10.3 Å². The van der Waals surface area contributed by atoms with Gasteiger partial charge >= 0.3 is 0 Å². The Bertz CT molecular complexity index is 1000. The van der Waals surface area contributed by atoms with Gasteiger partial charge in [0.2, 0.25) is 0 Å². The van der Waals surface area contributed by atoms with E-state index in [1.807, 2.05) is 35.2 Å². The van der Waals surface area contributed by atoms with Crippen molar-refractivity contribution in [1.82, 2.24) is 19.8 Å². The van der Waals surface area contributed by atoms with E-state index >= 15 is 0 Å². The van der Waals surface area contributed by atoms with Gasteiger partial charge in [0.25, 0.3) is 11.8 Å². The predicted octanol–water partition coefficient (Wildman–Crippen LogP) is 3.02. The predicted molar refractivity (Wildman–Crippen MR) is 105 cm³/mol. The van der Waals surface area contributed by atoms with Crippen LogP contribution in [0.3, 0.4) is 0 Å². The largest absolute Gasteiger partial charge is 0.344 e. The Labute approximate surface area is 161 Å². The van der Waals surface area contributed by atoms with E-state index in [9.17, 15) is 9.59 Å². The highest BCUT2D eigenvalue weighted by Gasteiger charge is 2.34. The molecule has 6 nitrogen and oxygen atoms in total. The molecule has 1 aromatic carbocycles. The molecule has 1 aliphatic heterocycles. The first-order chi connectivity index (χ1) is 13.1. The van der Waals surface area contributed by atoms with Gasteiger partial charge in [-0.15, -0.1) is 11.3 Å². The van der Waals surface area contributed by atoms with Crippen LogP contribution in [0.2, 0.25) is 0 Å². The molecule has 0 unspecified atom stereocenters. The Morgan fingerprint density at radius 2 is 1.89 bits per heavy atom. The Kier molecular flexibility index (Phi) is 4.61. The number of hydrogen-bond acceptors (Lipinski definition) is 5. The van der Waals surface area contributed by atoms with Crippen molar-refractivity contribution in [3.8, 4) is 0 Å². The second-order valence-corrected chi connectivity index (χ2v) is 7.86. The molecule has 3 aromatic rings.